The summed E-state index contributed by atoms with van der Waals surface area (Å²) < 4.78 is 0. The Morgan fingerprint density at radius 2 is 1.78 bits per heavy atom. The summed E-state index contributed by atoms with van der Waals surface area (Å²) in [5.74, 6) is -0.145. The second-order valence-corrected chi connectivity index (χ2v) is 7.55. The number of imide groups is 1. The Morgan fingerprint density at radius 1 is 1.15 bits per heavy atom. The van der Waals surface area contributed by atoms with Gasteiger partial charge in [-0.25, -0.2) is 4.79 Å². The third kappa shape index (κ3) is 4.54. The van der Waals surface area contributed by atoms with Crippen molar-refractivity contribution in [1.29, 1.82) is 0 Å². The zero-order chi connectivity index (χ0) is 19.6. The van der Waals surface area contributed by atoms with E-state index < -0.39 is 0 Å². The number of piperazine rings is 1. The van der Waals surface area contributed by atoms with E-state index in [0.29, 0.717) is 49.1 Å². The zero-order valence-electron chi connectivity index (χ0n) is 15.1. The van der Waals surface area contributed by atoms with E-state index in [1.807, 2.05) is 4.90 Å². The first kappa shape index (κ1) is 19.9. The van der Waals surface area contributed by atoms with Gasteiger partial charge in [-0.1, -0.05) is 29.3 Å². The van der Waals surface area contributed by atoms with Crippen LogP contribution in [-0.2, 0) is 16.0 Å². The van der Waals surface area contributed by atoms with Crippen molar-refractivity contribution < 1.29 is 14.4 Å². The highest BCUT2D eigenvalue weighted by molar-refractivity contribution is 6.36. The van der Waals surface area contributed by atoms with E-state index >= 15 is 0 Å². The summed E-state index contributed by atoms with van der Waals surface area (Å²) in [4.78, 5) is 41.1. The minimum Gasteiger partial charge on any atom is -0.340 e. The third-order valence-corrected chi connectivity index (χ3v) is 5.80. The largest absolute Gasteiger partial charge is 0.340 e. The summed E-state index contributed by atoms with van der Waals surface area (Å²) in [6.45, 7) is 2.35. The minimum absolute atomic E-state index is 0.0501. The number of halogens is 2. The van der Waals surface area contributed by atoms with Crippen molar-refractivity contribution in [2.24, 2.45) is 0 Å². The Morgan fingerprint density at radius 3 is 2.37 bits per heavy atom. The summed E-state index contributed by atoms with van der Waals surface area (Å²) >= 11 is 12.3. The molecule has 2 heterocycles. The molecule has 27 heavy (non-hydrogen) atoms. The molecule has 4 amide bonds. The van der Waals surface area contributed by atoms with Crippen molar-refractivity contribution >= 4 is 41.0 Å². The van der Waals surface area contributed by atoms with Crippen molar-refractivity contribution in [1.82, 2.24) is 20.0 Å². The molecule has 1 unspecified atom stereocenters. The quantitative estimate of drug-likeness (QED) is 0.820. The van der Waals surface area contributed by atoms with Gasteiger partial charge in [-0.2, -0.15) is 0 Å². The summed E-state index contributed by atoms with van der Waals surface area (Å²) in [5, 5.41) is 3.97. The van der Waals surface area contributed by atoms with Gasteiger partial charge in [-0.05, 0) is 24.1 Å². The number of amides is 4. The number of carbonyl (C=O) groups is 3. The van der Waals surface area contributed by atoms with Crippen LogP contribution in [0.3, 0.4) is 0 Å². The highest BCUT2D eigenvalue weighted by Gasteiger charge is 2.34. The monoisotopic (exact) mass is 412 g/mol. The Labute approximate surface area is 168 Å². The molecule has 146 valence electrons. The summed E-state index contributed by atoms with van der Waals surface area (Å²) in [6, 6.07) is 4.93. The van der Waals surface area contributed by atoms with Gasteiger partial charge in [0.2, 0.25) is 11.8 Å². The molecule has 2 saturated heterocycles. The van der Waals surface area contributed by atoms with Crippen molar-refractivity contribution in [2.45, 2.75) is 25.4 Å². The average molecular weight is 413 g/mol. The molecule has 1 aromatic carbocycles. The molecule has 0 saturated carbocycles. The topological polar surface area (TPSA) is 73.0 Å². The molecule has 0 aliphatic carbocycles. The van der Waals surface area contributed by atoms with Crippen molar-refractivity contribution in [3.05, 3.63) is 33.8 Å². The first-order chi connectivity index (χ1) is 12.9. The fourth-order valence-corrected chi connectivity index (χ4v) is 3.96. The van der Waals surface area contributed by atoms with Gasteiger partial charge in [0.25, 0.3) is 0 Å². The maximum absolute atomic E-state index is 12.5. The smallest absolute Gasteiger partial charge is 0.325 e. The Kier molecular flexibility index (Phi) is 6.24. The van der Waals surface area contributed by atoms with Gasteiger partial charge in [0.15, 0.2) is 0 Å². The molecule has 1 N–H and O–H groups in total. The molecule has 2 aliphatic rings. The molecule has 0 aromatic heterocycles. The lowest BCUT2D eigenvalue weighted by Crippen LogP contribution is -2.62. The molecule has 2 aliphatic heterocycles. The molecule has 1 atom stereocenters. The van der Waals surface area contributed by atoms with E-state index in [-0.39, 0.29) is 30.4 Å². The number of nitrogens with zero attached hydrogens (tertiary/aromatic N) is 3. The number of nitrogens with one attached hydrogen (secondary N) is 1. The van der Waals surface area contributed by atoms with E-state index in [0.717, 1.165) is 10.5 Å². The Bertz CT molecular complexity index is 712. The van der Waals surface area contributed by atoms with Gasteiger partial charge in [-0.15, -0.1) is 0 Å². The van der Waals surface area contributed by atoms with Crippen LogP contribution in [-0.4, -0.2) is 71.9 Å². The number of urea groups is 1. The summed E-state index contributed by atoms with van der Waals surface area (Å²) in [5.41, 5.74) is 0.792. The normalized spacial score (nSPS) is 21.4. The van der Waals surface area contributed by atoms with E-state index in [4.69, 9.17) is 23.2 Å². The number of benzene rings is 1. The predicted octanol–water partition coefficient (Wildman–Crippen LogP) is 1.97. The number of hydrogen-bond acceptors (Lipinski definition) is 4. The average Bonchev–Trinajstić information content (AvgIpc) is 2.65. The zero-order valence-corrected chi connectivity index (χ0v) is 16.6. The van der Waals surface area contributed by atoms with E-state index in [1.54, 1.807) is 23.1 Å². The molecule has 0 spiro atoms. The maximum atomic E-state index is 12.5. The maximum Gasteiger partial charge on any atom is 0.325 e. The van der Waals surface area contributed by atoms with Crippen LogP contribution in [0.1, 0.15) is 18.4 Å². The van der Waals surface area contributed by atoms with Crippen LogP contribution in [0, 0.1) is 0 Å². The Hall–Kier alpha value is -1.83. The summed E-state index contributed by atoms with van der Waals surface area (Å²) in [6.07, 6.45) is 0.783. The lowest BCUT2D eigenvalue weighted by Gasteiger charge is -2.41. The molecule has 2 fully saturated rings. The minimum atomic E-state index is -0.383. The van der Waals surface area contributed by atoms with Gasteiger partial charge < -0.3 is 10.2 Å². The highest BCUT2D eigenvalue weighted by atomic mass is 35.5. The predicted molar refractivity (Wildman–Crippen MR) is 103 cm³/mol. The van der Waals surface area contributed by atoms with Gasteiger partial charge in [0.05, 0.1) is 12.6 Å². The lowest BCUT2D eigenvalue weighted by molar-refractivity contribution is -0.135. The van der Waals surface area contributed by atoms with Gasteiger partial charge in [-0.3, -0.25) is 19.4 Å². The molecule has 7 nitrogen and oxygen atoms in total. The van der Waals surface area contributed by atoms with Gasteiger partial charge >= 0.3 is 6.03 Å². The van der Waals surface area contributed by atoms with Crippen LogP contribution >= 0.6 is 23.2 Å². The fourth-order valence-electron chi connectivity index (χ4n) is 3.37. The number of hydrogen-bond donors (Lipinski definition) is 1. The van der Waals surface area contributed by atoms with Crippen molar-refractivity contribution in [2.75, 3.05) is 33.2 Å². The second kappa shape index (κ2) is 8.46. The van der Waals surface area contributed by atoms with Crippen LogP contribution in [0.2, 0.25) is 10.0 Å². The lowest BCUT2D eigenvalue weighted by atomic mass is 10.1. The SMILES string of the molecule is CN1C(=O)CC(N2CCN(C(=O)CCc3c(Cl)cccc3Cl)CC2)NC1=O. The molecule has 1 aromatic rings. The van der Waals surface area contributed by atoms with Gasteiger partial charge in [0.1, 0.15) is 0 Å². The van der Waals surface area contributed by atoms with E-state index in [9.17, 15) is 14.4 Å². The number of rotatable bonds is 4. The highest BCUT2D eigenvalue weighted by Crippen LogP contribution is 2.25. The molecular formula is C18H22Cl2N4O3. The first-order valence-corrected chi connectivity index (χ1v) is 9.64. The van der Waals surface area contributed by atoms with Crippen molar-refractivity contribution in [3.63, 3.8) is 0 Å². The van der Waals surface area contributed by atoms with Crippen LogP contribution in [0.5, 0.6) is 0 Å². The van der Waals surface area contributed by atoms with Crippen LogP contribution in [0.25, 0.3) is 0 Å². The van der Waals surface area contributed by atoms with Crippen LogP contribution < -0.4 is 5.32 Å². The molecule has 9 heteroatoms. The molecule has 3 rings (SSSR count). The molecule has 0 radical (unpaired) electrons. The van der Waals surface area contributed by atoms with E-state index in [2.05, 4.69) is 5.32 Å². The fraction of sp³-hybridized carbons (Fsp3) is 0.500. The van der Waals surface area contributed by atoms with Gasteiger partial charge in [0, 0.05) is 49.7 Å². The van der Waals surface area contributed by atoms with Crippen LogP contribution in [0.4, 0.5) is 4.79 Å². The van der Waals surface area contributed by atoms with E-state index in [1.165, 1.54) is 7.05 Å². The van der Waals surface area contributed by atoms with Crippen LogP contribution in [0.15, 0.2) is 18.2 Å². The second-order valence-electron chi connectivity index (χ2n) is 6.74. The standard InChI is InChI=1S/C18H22Cl2N4O3/c1-22-17(26)11-15(21-18(22)27)23-7-9-24(10-8-23)16(25)6-5-12-13(19)3-2-4-14(12)20/h2-4,15H,5-11H2,1H3,(H,21,27). The number of carbonyl (C=O) groups excluding carboxylic acids is 3. The molecular weight excluding hydrogens is 391 g/mol. The van der Waals surface area contributed by atoms with Crippen molar-refractivity contribution in [3.8, 4) is 0 Å². The Balaban J connectivity index is 1.49. The molecule has 0 bridgehead atoms. The summed E-state index contributed by atoms with van der Waals surface area (Å²) in [7, 11) is 1.47. The third-order valence-electron chi connectivity index (χ3n) is 5.10. The first-order valence-electron chi connectivity index (χ1n) is 8.88.